The first-order chi connectivity index (χ1) is 24.6. The number of likely N-dealkylation sites (tertiary alicyclic amines) is 1. The molecule has 3 aromatic rings. The van der Waals surface area contributed by atoms with Crippen LogP contribution in [0.15, 0.2) is 98.1 Å². The normalized spacial score (nSPS) is 26.0. The number of hydrogen-bond acceptors (Lipinski definition) is 7. The summed E-state index contributed by atoms with van der Waals surface area (Å²) in [6.45, 7) is 9.07. The van der Waals surface area contributed by atoms with E-state index in [1.54, 1.807) is 24.0 Å². The van der Waals surface area contributed by atoms with Crippen molar-refractivity contribution >= 4 is 56.1 Å². The Morgan fingerprint density at radius 1 is 1.10 bits per heavy atom. The van der Waals surface area contributed by atoms with Gasteiger partial charge < -0.3 is 29.7 Å². The van der Waals surface area contributed by atoms with Gasteiger partial charge in [0.25, 0.3) is 5.91 Å². The lowest BCUT2D eigenvalue weighted by atomic mass is 9.70. The van der Waals surface area contributed by atoms with Crippen LogP contribution >= 0.6 is 15.9 Å². The Labute approximate surface area is 306 Å². The number of aliphatic hydroxyl groups excluding tert-OH is 1. The van der Waals surface area contributed by atoms with Crippen LogP contribution in [0.5, 0.6) is 0 Å². The number of amides is 3. The number of alkyl halides is 1. The van der Waals surface area contributed by atoms with E-state index in [0.717, 1.165) is 16.3 Å². The van der Waals surface area contributed by atoms with Crippen molar-refractivity contribution < 1.29 is 33.8 Å². The van der Waals surface area contributed by atoms with Gasteiger partial charge in [-0.05, 0) is 54.7 Å². The molecule has 1 spiro atoms. The second kappa shape index (κ2) is 15.5. The molecule has 51 heavy (non-hydrogen) atoms. The third kappa shape index (κ3) is 6.99. The molecule has 0 radical (unpaired) electrons. The summed E-state index contributed by atoms with van der Waals surface area (Å²) in [7, 11) is 0. The number of anilines is 1. The van der Waals surface area contributed by atoms with E-state index in [1.165, 1.54) is 4.90 Å². The quantitative estimate of drug-likeness (QED) is 0.131. The monoisotopic (exact) mass is 757 g/mol. The van der Waals surface area contributed by atoms with Crippen molar-refractivity contribution in [1.82, 2.24) is 10.2 Å². The zero-order valence-corrected chi connectivity index (χ0v) is 30.2. The highest BCUT2D eigenvalue weighted by Crippen LogP contribution is 2.61. The molecule has 1 unspecified atom stereocenters. The molecule has 11 heteroatoms. The fourth-order valence-corrected chi connectivity index (χ4v) is 8.93. The summed E-state index contributed by atoms with van der Waals surface area (Å²) in [5.41, 5.74) is 0.127. The molecular weight excluding hydrogens is 714 g/mol. The summed E-state index contributed by atoms with van der Waals surface area (Å²) in [6.07, 6.45) is 3.26. The summed E-state index contributed by atoms with van der Waals surface area (Å²) in [5, 5.41) is 15.6. The van der Waals surface area contributed by atoms with E-state index >= 15 is 4.79 Å². The number of carbonyl (C=O) groups excluding carboxylic acids is 4. The molecule has 6 rings (SSSR count). The van der Waals surface area contributed by atoms with Crippen LogP contribution < -0.4 is 10.2 Å². The number of carbonyl (C=O) groups is 4. The molecule has 2 bridgehead atoms. The lowest BCUT2D eigenvalue weighted by Gasteiger charge is -2.39. The van der Waals surface area contributed by atoms with Crippen molar-refractivity contribution in [2.24, 2.45) is 11.8 Å². The van der Waals surface area contributed by atoms with Gasteiger partial charge in [0.1, 0.15) is 17.7 Å². The number of allylic oxidation sites excluding steroid dienone is 1. The lowest BCUT2D eigenvalue weighted by molar-refractivity contribution is -0.159. The Morgan fingerprint density at radius 3 is 2.53 bits per heavy atom. The predicted molar refractivity (Wildman–Crippen MR) is 198 cm³/mol. The third-order valence-electron chi connectivity index (χ3n) is 10.3. The molecule has 268 valence electrons. The van der Waals surface area contributed by atoms with Gasteiger partial charge in [-0.25, -0.2) is 0 Å². The van der Waals surface area contributed by atoms with Gasteiger partial charge in [-0.1, -0.05) is 88.7 Å². The number of fused-ring (bicyclic) bond motifs is 2. The van der Waals surface area contributed by atoms with Gasteiger partial charge >= 0.3 is 5.97 Å². The van der Waals surface area contributed by atoms with Gasteiger partial charge in [0, 0.05) is 23.5 Å². The Bertz CT molecular complexity index is 1800. The Hall–Kier alpha value is -4.32. The van der Waals surface area contributed by atoms with Gasteiger partial charge in [0.2, 0.25) is 11.8 Å². The smallest absolute Gasteiger partial charge is 0.312 e. The van der Waals surface area contributed by atoms with Gasteiger partial charge in [0.15, 0.2) is 0 Å². The molecule has 3 aliphatic heterocycles. The number of benzene rings is 3. The van der Waals surface area contributed by atoms with Gasteiger partial charge in [-0.15, -0.1) is 13.2 Å². The molecule has 3 amide bonds. The van der Waals surface area contributed by atoms with E-state index in [9.17, 15) is 19.5 Å². The first-order valence-electron chi connectivity index (χ1n) is 17.4. The lowest BCUT2D eigenvalue weighted by Crippen LogP contribution is -2.59. The van der Waals surface area contributed by atoms with E-state index in [0.29, 0.717) is 18.5 Å². The molecule has 3 aliphatic rings. The van der Waals surface area contributed by atoms with Crippen LogP contribution in [-0.2, 0) is 35.1 Å². The summed E-state index contributed by atoms with van der Waals surface area (Å²) >= 11 is 3.72. The fourth-order valence-electron chi connectivity index (χ4n) is 7.99. The first kappa shape index (κ1) is 36.5. The average Bonchev–Trinajstić information content (AvgIpc) is 3.74. The number of nitrogens with zero attached hydrogens (tertiary/aromatic N) is 2. The molecule has 10 nitrogen and oxygen atoms in total. The molecule has 0 saturated carbocycles. The number of halogens is 1. The van der Waals surface area contributed by atoms with E-state index in [4.69, 9.17) is 9.47 Å². The van der Waals surface area contributed by atoms with Gasteiger partial charge in [-0.3, -0.25) is 19.2 Å². The van der Waals surface area contributed by atoms with Crippen molar-refractivity contribution in [2.45, 2.75) is 67.3 Å². The van der Waals surface area contributed by atoms with Crippen LogP contribution in [0, 0.1) is 11.8 Å². The molecular formula is C40H44BrN3O7. The van der Waals surface area contributed by atoms with Crippen LogP contribution in [0.4, 0.5) is 5.69 Å². The number of ether oxygens (including phenoxy) is 2. The second-order valence-electron chi connectivity index (χ2n) is 13.6. The zero-order valence-electron chi connectivity index (χ0n) is 28.7. The zero-order chi connectivity index (χ0) is 36.3. The van der Waals surface area contributed by atoms with Crippen LogP contribution in [0.2, 0.25) is 0 Å². The topological polar surface area (TPSA) is 125 Å². The summed E-state index contributed by atoms with van der Waals surface area (Å²) < 4.78 is 12.6. The molecule has 3 saturated heterocycles. The Balaban J connectivity index is 1.37. The maximum Gasteiger partial charge on any atom is 0.312 e. The predicted octanol–water partition coefficient (Wildman–Crippen LogP) is 4.72. The SMILES string of the molecule is C=CCCC(=O)NC[C@@H](C)OC(=O)[C@H]1[C@@H]2O[C@@]3(CC2Br)[C@@H]1C(=O)N([C@@H](CO)Cc1ccccc1)[C@@H]3C(=O)N(CC=C)c1ccc2ccccc2c1. The Morgan fingerprint density at radius 2 is 1.82 bits per heavy atom. The molecule has 8 atom stereocenters. The third-order valence-corrected chi connectivity index (χ3v) is 11.1. The molecule has 2 N–H and O–H groups in total. The largest absolute Gasteiger partial charge is 0.460 e. The number of hydrogen-bond donors (Lipinski definition) is 2. The van der Waals surface area contributed by atoms with Crippen LogP contribution in [-0.4, -0.2) is 88.1 Å². The van der Waals surface area contributed by atoms with Crippen LogP contribution in [0.25, 0.3) is 10.8 Å². The molecule has 3 aromatic carbocycles. The van der Waals surface area contributed by atoms with E-state index in [1.807, 2.05) is 72.8 Å². The van der Waals surface area contributed by atoms with E-state index in [-0.39, 0.29) is 36.7 Å². The van der Waals surface area contributed by atoms with Crippen molar-refractivity contribution in [3.8, 4) is 0 Å². The minimum Gasteiger partial charge on any atom is -0.460 e. The van der Waals surface area contributed by atoms with E-state index in [2.05, 4.69) is 34.4 Å². The van der Waals surface area contributed by atoms with E-state index < -0.39 is 66.1 Å². The standard InChI is InChI=1S/C40H44BrN3O7/c1-4-6-16-32(46)42-23-25(3)50-39(49)33-34-37(47)44(30(24-45)20-26-12-8-7-9-13-26)36(40(34)22-31(41)35(33)51-40)38(48)43(19-5-2)29-18-17-27-14-10-11-15-28(27)21-29/h4-5,7-15,17-18,21,25,30-31,33-36,45H,1-2,6,16,19-20,22-24H2,3H3,(H,42,46)/t25-,30-,31?,33-,34+,35-,36-,40+/m1/s1. The summed E-state index contributed by atoms with van der Waals surface area (Å²) in [5.74, 6) is -3.69. The highest BCUT2D eigenvalue weighted by atomic mass is 79.9. The number of nitrogens with one attached hydrogen (secondary N) is 1. The highest BCUT2D eigenvalue weighted by molar-refractivity contribution is 9.09. The second-order valence-corrected chi connectivity index (χ2v) is 14.8. The van der Waals surface area contributed by atoms with Crippen molar-refractivity contribution in [1.29, 1.82) is 0 Å². The van der Waals surface area contributed by atoms with Crippen molar-refractivity contribution in [3.05, 3.63) is 104 Å². The number of rotatable bonds is 15. The van der Waals surface area contributed by atoms with Gasteiger partial charge in [-0.2, -0.15) is 0 Å². The summed E-state index contributed by atoms with van der Waals surface area (Å²) in [4.78, 5) is 58.9. The van der Waals surface area contributed by atoms with Crippen LogP contribution in [0.3, 0.4) is 0 Å². The first-order valence-corrected chi connectivity index (χ1v) is 18.3. The molecule has 0 aromatic heterocycles. The minimum atomic E-state index is -1.38. The van der Waals surface area contributed by atoms with Gasteiger partial charge in [0.05, 0.1) is 37.1 Å². The molecule has 0 aliphatic carbocycles. The van der Waals surface area contributed by atoms with Crippen LogP contribution in [0.1, 0.15) is 31.7 Å². The summed E-state index contributed by atoms with van der Waals surface area (Å²) in [6, 6.07) is 21.1. The van der Waals surface area contributed by atoms with Crippen molar-refractivity contribution in [2.75, 3.05) is 24.6 Å². The fraction of sp³-hybridized carbons (Fsp3) is 0.400. The maximum atomic E-state index is 15.2. The molecule has 3 heterocycles. The Kier molecular flexibility index (Phi) is 11.1. The van der Waals surface area contributed by atoms with Crippen molar-refractivity contribution in [3.63, 3.8) is 0 Å². The maximum absolute atomic E-state index is 15.2. The number of aliphatic hydroxyl groups is 1. The minimum absolute atomic E-state index is 0.0978. The number of esters is 1. The average molecular weight is 759 g/mol. The molecule has 3 fully saturated rings. The highest BCUT2D eigenvalue weighted by Gasteiger charge is 2.77.